The van der Waals surface area contributed by atoms with Gasteiger partial charge in [-0.15, -0.1) is 0 Å². The van der Waals surface area contributed by atoms with E-state index in [1.54, 1.807) is 42.5 Å². The molecular weight excluding hydrogens is 388 g/mol. The maximum Gasteiger partial charge on any atom is 0.261 e. The smallest absolute Gasteiger partial charge is 0.261 e. The van der Waals surface area contributed by atoms with Crippen molar-refractivity contribution in [3.05, 3.63) is 72.3 Å². The summed E-state index contributed by atoms with van der Waals surface area (Å²) in [6.07, 6.45) is 1.92. The van der Waals surface area contributed by atoms with Gasteiger partial charge in [0.1, 0.15) is 0 Å². The van der Waals surface area contributed by atoms with E-state index in [1.165, 1.54) is 0 Å². The van der Waals surface area contributed by atoms with Crippen molar-refractivity contribution >= 4 is 32.4 Å². The van der Waals surface area contributed by atoms with Gasteiger partial charge >= 0.3 is 0 Å². The van der Waals surface area contributed by atoms with Crippen LogP contribution in [0.3, 0.4) is 0 Å². The molecule has 1 atom stereocenters. The lowest BCUT2D eigenvalue weighted by atomic mass is 10.1. The number of nitrogens with one attached hydrogen (secondary N) is 2. The van der Waals surface area contributed by atoms with Crippen molar-refractivity contribution in [1.82, 2.24) is 5.32 Å². The predicted molar refractivity (Wildman–Crippen MR) is 113 cm³/mol. The van der Waals surface area contributed by atoms with Crippen LogP contribution in [0.2, 0.25) is 0 Å². The molecule has 1 fully saturated rings. The summed E-state index contributed by atoms with van der Waals surface area (Å²) < 4.78 is 33.9. The summed E-state index contributed by atoms with van der Waals surface area (Å²) in [7, 11) is -3.85. The molecule has 3 aromatic rings. The largest absolute Gasteiger partial charge is 0.376 e. The standard InChI is InChI=1S/C22H22N2O4S/c25-22(23-15-18-8-5-13-28-18)20-9-3-4-10-21(20)24-29(26,27)19-12-11-16-6-1-2-7-17(16)14-19/h1-4,6-7,9-12,14,18,24H,5,8,13,15H2,(H,23,25). The van der Waals surface area contributed by atoms with Crippen LogP contribution in [0, 0.1) is 0 Å². The van der Waals surface area contributed by atoms with Gasteiger partial charge in [0.15, 0.2) is 0 Å². The fraction of sp³-hybridized carbons (Fsp3) is 0.227. The van der Waals surface area contributed by atoms with Crippen LogP contribution in [-0.2, 0) is 14.8 Å². The van der Waals surface area contributed by atoms with Crippen molar-refractivity contribution in [2.75, 3.05) is 17.9 Å². The molecule has 0 aromatic heterocycles. The quantitative estimate of drug-likeness (QED) is 0.651. The molecule has 1 amide bonds. The van der Waals surface area contributed by atoms with Crippen molar-refractivity contribution in [2.24, 2.45) is 0 Å². The van der Waals surface area contributed by atoms with Gasteiger partial charge in [0.05, 0.1) is 22.3 Å². The zero-order chi connectivity index (χ0) is 20.3. The second-order valence-corrected chi connectivity index (χ2v) is 8.69. The zero-order valence-electron chi connectivity index (χ0n) is 15.8. The average molecular weight is 410 g/mol. The summed E-state index contributed by atoms with van der Waals surface area (Å²) in [4.78, 5) is 12.8. The number of rotatable bonds is 6. The number of fused-ring (bicyclic) bond motifs is 1. The number of amides is 1. The Kier molecular flexibility index (Phi) is 5.51. The summed E-state index contributed by atoms with van der Waals surface area (Å²) in [5.74, 6) is -0.336. The molecule has 1 saturated heterocycles. The molecule has 0 spiro atoms. The number of carbonyl (C=O) groups excluding carboxylic acids is 1. The monoisotopic (exact) mass is 410 g/mol. The van der Waals surface area contributed by atoms with Crippen molar-refractivity contribution in [3.63, 3.8) is 0 Å². The summed E-state index contributed by atoms with van der Waals surface area (Å²) in [5, 5.41) is 4.62. The van der Waals surface area contributed by atoms with E-state index in [0.717, 1.165) is 23.6 Å². The first-order valence-electron chi connectivity index (χ1n) is 9.53. The van der Waals surface area contributed by atoms with E-state index in [2.05, 4.69) is 10.0 Å². The fourth-order valence-corrected chi connectivity index (χ4v) is 4.53. The third kappa shape index (κ3) is 4.41. The second kappa shape index (κ2) is 8.23. The summed E-state index contributed by atoms with van der Waals surface area (Å²) in [5.41, 5.74) is 0.514. The van der Waals surface area contributed by atoms with Crippen LogP contribution < -0.4 is 10.0 Å². The van der Waals surface area contributed by atoms with Gasteiger partial charge in [-0.2, -0.15) is 0 Å². The molecule has 29 heavy (non-hydrogen) atoms. The summed E-state index contributed by atoms with van der Waals surface area (Å²) >= 11 is 0. The van der Waals surface area contributed by atoms with Gasteiger partial charge in [-0.3, -0.25) is 9.52 Å². The van der Waals surface area contributed by atoms with Crippen LogP contribution in [0.15, 0.2) is 71.6 Å². The maximum absolute atomic E-state index is 12.9. The minimum absolute atomic E-state index is 0.0143. The fourth-order valence-electron chi connectivity index (χ4n) is 3.42. The number of carbonyl (C=O) groups is 1. The van der Waals surface area contributed by atoms with Crippen LogP contribution in [0.5, 0.6) is 0 Å². The highest BCUT2D eigenvalue weighted by Gasteiger charge is 2.21. The van der Waals surface area contributed by atoms with Crippen molar-refractivity contribution in [3.8, 4) is 0 Å². The molecule has 150 valence electrons. The number of hydrogen-bond acceptors (Lipinski definition) is 4. The van der Waals surface area contributed by atoms with Gasteiger partial charge in [-0.1, -0.05) is 42.5 Å². The predicted octanol–water partition coefficient (Wildman–Crippen LogP) is 3.55. The SMILES string of the molecule is O=C(NCC1CCCO1)c1ccccc1NS(=O)(=O)c1ccc2ccccc2c1. The molecule has 1 unspecified atom stereocenters. The maximum atomic E-state index is 12.9. The van der Waals surface area contributed by atoms with Crippen molar-refractivity contribution < 1.29 is 17.9 Å². The van der Waals surface area contributed by atoms with E-state index in [4.69, 9.17) is 4.74 Å². The van der Waals surface area contributed by atoms with Crippen LogP contribution in [-0.4, -0.2) is 33.6 Å². The molecule has 4 rings (SSSR count). The number of benzene rings is 3. The van der Waals surface area contributed by atoms with Crippen LogP contribution in [0.25, 0.3) is 10.8 Å². The second-order valence-electron chi connectivity index (χ2n) is 7.01. The van der Waals surface area contributed by atoms with E-state index in [9.17, 15) is 13.2 Å². The number of para-hydroxylation sites is 1. The van der Waals surface area contributed by atoms with Gasteiger partial charge in [0.25, 0.3) is 15.9 Å². The van der Waals surface area contributed by atoms with Gasteiger partial charge in [-0.05, 0) is 47.9 Å². The first-order chi connectivity index (χ1) is 14.0. The van der Waals surface area contributed by atoms with E-state index >= 15 is 0 Å². The third-order valence-corrected chi connectivity index (χ3v) is 6.32. The highest BCUT2D eigenvalue weighted by molar-refractivity contribution is 7.92. The lowest BCUT2D eigenvalue weighted by molar-refractivity contribution is 0.0858. The first-order valence-corrected chi connectivity index (χ1v) is 11.0. The molecule has 3 aromatic carbocycles. The Bertz CT molecular complexity index is 1140. The van der Waals surface area contributed by atoms with E-state index < -0.39 is 10.0 Å². The molecule has 0 aliphatic carbocycles. The average Bonchev–Trinajstić information content (AvgIpc) is 3.25. The van der Waals surface area contributed by atoms with Crippen LogP contribution in [0.1, 0.15) is 23.2 Å². The molecule has 0 radical (unpaired) electrons. The van der Waals surface area contributed by atoms with E-state index in [-0.39, 0.29) is 28.2 Å². The van der Waals surface area contributed by atoms with Crippen LogP contribution >= 0.6 is 0 Å². The lowest BCUT2D eigenvalue weighted by Gasteiger charge is -2.15. The molecular formula is C22H22N2O4S. The van der Waals surface area contributed by atoms with Crippen LogP contribution in [0.4, 0.5) is 5.69 Å². The Balaban J connectivity index is 1.55. The molecule has 6 nitrogen and oxygen atoms in total. The van der Waals surface area contributed by atoms with Gasteiger partial charge < -0.3 is 10.1 Å². The van der Waals surface area contributed by atoms with Gasteiger partial charge in [-0.25, -0.2) is 8.42 Å². The van der Waals surface area contributed by atoms with E-state index in [1.807, 2.05) is 24.3 Å². The molecule has 1 aliphatic rings. The van der Waals surface area contributed by atoms with Gasteiger partial charge in [0.2, 0.25) is 0 Å². The molecule has 1 aliphatic heterocycles. The van der Waals surface area contributed by atoms with Crippen molar-refractivity contribution in [1.29, 1.82) is 0 Å². The minimum atomic E-state index is -3.85. The van der Waals surface area contributed by atoms with Gasteiger partial charge in [0, 0.05) is 13.2 Å². The summed E-state index contributed by atoms with van der Waals surface area (Å²) in [6.45, 7) is 1.12. The number of hydrogen-bond donors (Lipinski definition) is 2. The zero-order valence-corrected chi connectivity index (χ0v) is 16.6. The molecule has 0 saturated carbocycles. The number of ether oxygens (including phenoxy) is 1. The van der Waals surface area contributed by atoms with E-state index in [0.29, 0.717) is 13.2 Å². The minimum Gasteiger partial charge on any atom is -0.376 e. The highest BCUT2D eigenvalue weighted by atomic mass is 32.2. The first kappa shape index (κ1) is 19.4. The molecule has 1 heterocycles. The topological polar surface area (TPSA) is 84.5 Å². The Morgan fingerprint density at radius 3 is 2.55 bits per heavy atom. The Labute approximate surface area is 169 Å². The molecule has 0 bridgehead atoms. The normalized spacial score (nSPS) is 16.6. The highest BCUT2D eigenvalue weighted by Crippen LogP contribution is 2.23. The lowest BCUT2D eigenvalue weighted by Crippen LogP contribution is -2.32. The summed E-state index contributed by atoms with van der Waals surface area (Å²) in [6, 6.07) is 19.1. The third-order valence-electron chi connectivity index (χ3n) is 4.96. The Morgan fingerprint density at radius 2 is 1.76 bits per heavy atom. The Morgan fingerprint density at radius 1 is 1.00 bits per heavy atom. The Hall–Kier alpha value is -2.90. The number of anilines is 1. The molecule has 2 N–H and O–H groups in total. The molecule has 7 heteroatoms. The number of sulfonamides is 1. The van der Waals surface area contributed by atoms with Crippen molar-refractivity contribution in [2.45, 2.75) is 23.8 Å².